The van der Waals surface area contributed by atoms with Crippen LogP contribution in [-0.2, 0) is 9.47 Å². The van der Waals surface area contributed by atoms with Crippen molar-refractivity contribution in [3.8, 4) is 0 Å². The largest absolute Gasteiger partial charge is 0.448 e. The molecule has 2 saturated heterocycles. The van der Waals surface area contributed by atoms with Crippen molar-refractivity contribution in [2.45, 2.75) is 0 Å². The number of ether oxygens (including phenoxy) is 2. The van der Waals surface area contributed by atoms with Crippen LogP contribution in [-0.4, -0.2) is 61.4 Å². The summed E-state index contributed by atoms with van der Waals surface area (Å²) in [5.74, 6) is 0. The van der Waals surface area contributed by atoms with Gasteiger partial charge in [-0.2, -0.15) is 0 Å². The quantitative estimate of drug-likeness (QED) is 0.677. The summed E-state index contributed by atoms with van der Waals surface area (Å²) in [6.45, 7) is 1.61. The lowest BCUT2D eigenvalue weighted by Gasteiger charge is -2.15. The average molecular weight is 390 g/mol. The fourth-order valence-corrected chi connectivity index (χ4v) is 2.77. The summed E-state index contributed by atoms with van der Waals surface area (Å²) in [5.41, 5.74) is 0. The van der Waals surface area contributed by atoms with E-state index in [1.807, 2.05) is 0 Å². The van der Waals surface area contributed by atoms with Gasteiger partial charge in [-0.1, -0.05) is 46.4 Å². The van der Waals surface area contributed by atoms with Crippen LogP contribution in [0.25, 0.3) is 0 Å². The van der Waals surface area contributed by atoms with Crippen LogP contribution in [0.5, 0.6) is 0 Å². The van der Waals surface area contributed by atoms with Crippen LogP contribution >= 0.6 is 46.4 Å². The van der Waals surface area contributed by atoms with E-state index in [-0.39, 0.29) is 33.2 Å². The molecule has 0 bridgehead atoms. The van der Waals surface area contributed by atoms with Crippen LogP contribution in [0.15, 0.2) is 20.1 Å². The van der Waals surface area contributed by atoms with Crippen LogP contribution in [0, 0.1) is 0 Å². The average Bonchev–Trinajstić information content (AvgIpc) is 3.07. The lowest BCUT2D eigenvalue weighted by molar-refractivity contribution is 0.159. The molecule has 22 heavy (non-hydrogen) atoms. The number of amides is 2. The summed E-state index contributed by atoms with van der Waals surface area (Å²) >= 11 is 24.3. The summed E-state index contributed by atoms with van der Waals surface area (Å²) < 4.78 is 9.58. The van der Waals surface area contributed by atoms with Gasteiger partial charge in [-0.3, -0.25) is 9.80 Å². The van der Waals surface area contributed by atoms with Crippen molar-refractivity contribution in [1.29, 1.82) is 0 Å². The minimum atomic E-state index is -0.464. The highest BCUT2D eigenvalue weighted by molar-refractivity contribution is 6.50. The molecule has 2 fully saturated rings. The Morgan fingerprint density at radius 1 is 0.818 bits per heavy atom. The number of hydrogen-bond donors (Lipinski definition) is 0. The van der Waals surface area contributed by atoms with Crippen molar-refractivity contribution >= 4 is 58.6 Å². The molecule has 0 aromatic carbocycles. The molecule has 0 aromatic rings. The molecule has 0 radical (unpaired) electrons. The van der Waals surface area contributed by atoms with E-state index in [4.69, 9.17) is 55.9 Å². The van der Waals surface area contributed by atoms with Gasteiger partial charge >= 0.3 is 12.2 Å². The lowest BCUT2D eigenvalue weighted by atomic mass is 10.3. The van der Waals surface area contributed by atoms with Crippen LogP contribution in [0.2, 0.25) is 0 Å². The Morgan fingerprint density at radius 3 is 1.45 bits per heavy atom. The Balaban J connectivity index is 2.05. The minimum absolute atomic E-state index is 0.0283. The molecule has 122 valence electrons. The molecule has 0 saturated carbocycles. The maximum atomic E-state index is 11.4. The third-order valence-electron chi connectivity index (χ3n) is 3.02. The van der Waals surface area contributed by atoms with E-state index in [0.717, 1.165) is 0 Å². The fraction of sp³-hybridized carbons (Fsp3) is 0.500. The van der Waals surface area contributed by atoms with Crippen molar-refractivity contribution in [3.63, 3.8) is 0 Å². The lowest BCUT2D eigenvalue weighted by Crippen LogP contribution is -2.26. The first-order valence-electron chi connectivity index (χ1n) is 6.32. The number of carbonyl (C=O) groups is 2. The number of cyclic esters (lactones) is 2. The maximum Gasteiger partial charge on any atom is 0.410 e. The number of hydrogen-bond acceptors (Lipinski definition) is 4. The molecule has 0 unspecified atom stereocenters. The SMILES string of the molecule is O=C1OCCN1C/C(Cl)=C(Cl)/C(Cl)=C(\Cl)CN1CCOC1=O. The summed E-state index contributed by atoms with van der Waals surface area (Å²) in [6.07, 6.45) is -0.928. The van der Waals surface area contributed by atoms with Gasteiger partial charge in [0.25, 0.3) is 0 Å². The summed E-state index contributed by atoms with van der Waals surface area (Å²) in [4.78, 5) is 25.5. The molecule has 0 spiro atoms. The molecule has 2 aliphatic heterocycles. The highest BCUT2D eigenvalue weighted by Gasteiger charge is 2.26. The molecule has 2 rings (SSSR count). The molecule has 2 amide bonds. The smallest absolute Gasteiger partial charge is 0.410 e. The van der Waals surface area contributed by atoms with Gasteiger partial charge in [-0.05, 0) is 0 Å². The molecule has 0 N–H and O–H groups in total. The number of allylic oxidation sites excluding steroid dienone is 2. The zero-order chi connectivity index (χ0) is 16.3. The molecular weight excluding hydrogens is 378 g/mol. The van der Waals surface area contributed by atoms with Crippen LogP contribution in [0.1, 0.15) is 0 Å². The summed E-state index contributed by atoms with van der Waals surface area (Å²) in [7, 11) is 0. The second-order valence-electron chi connectivity index (χ2n) is 4.51. The van der Waals surface area contributed by atoms with Crippen LogP contribution in [0.3, 0.4) is 0 Å². The zero-order valence-electron chi connectivity index (χ0n) is 11.3. The third-order valence-corrected chi connectivity index (χ3v) is 4.76. The van der Waals surface area contributed by atoms with Crippen LogP contribution in [0.4, 0.5) is 9.59 Å². The number of carbonyl (C=O) groups excluding carboxylic acids is 2. The van der Waals surface area contributed by atoms with Gasteiger partial charge in [0.05, 0.1) is 46.3 Å². The Hall–Kier alpha value is -0.820. The first-order chi connectivity index (χ1) is 10.4. The maximum absolute atomic E-state index is 11.4. The number of nitrogens with zero attached hydrogens (tertiary/aromatic N) is 2. The Bertz CT molecular complexity index is 501. The van der Waals surface area contributed by atoms with Gasteiger partial charge in [-0.25, -0.2) is 9.59 Å². The molecule has 6 nitrogen and oxygen atoms in total. The predicted molar refractivity (Wildman–Crippen MR) is 83.3 cm³/mol. The fourth-order valence-electron chi connectivity index (χ4n) is 1.85. The topological polar surface area (TPSA) is 59.1 Å². The molecule has 0 atom stereocenters. The predicted octanol–water partition coefficient (Wildman–Crippen LogP) is 3.27. The Morgan fingerprint density at radius 2 is 1.18 bits per heavy atom. The first kappa shape index (κ1) is 17.5. The van der Waals surface area contributed by atoms with E-state index < -0.39 is 12.2 Å². The Labute approximate surface area is 147 Å². The standard InChI is InChI=1S/C12H12Cl4N2O4/c13-7(5-17-1-3-21-11(17)19)9(15)10(16)8(14)6-18-2-4-22-12(18)20/h1-6H2/b9-7+,10-8+. The van der Waals surface area contributed by atoms with Crippen molar-refractivity contribution in [1.82, 2.24) is 9.80 Å². The number of rotatable bonds is 5. The van der Waals surface area contributed by atoms with E-state index in [9.17, 15) is 9.59 Å². The summed E-state index contributed by atoms with van der Waals surface area (Å²) in [6, 6.07) is 0. The van der Waals surface area contributed by atoms with Crippen molar-refractivity contribution in [2.24, 2.45) is 0 Å². The normalized spacial score (nSPS) is 20.7. The van der Waals surface area contributed by atoms with E-state index >= 15 is 0 Å². The molecule has 0 aromatic heterocycles. The van der Waals surface area contributed by atoms with Crippen molar-refractivity contribution < 1.29 is 19.1 Å². The van der Waals surface area contributed by atoms with Gasteiger partial charge < -0.3 is 9.47 Å². The van der Waals surface area contributed by atoms with E-state index in [2.05, 4.69) is 0 Å². The highest BCUT2D eigenvalue weighted by Crippen LogP contribution is 2.31. The third kappa shape index (κ3) is 4.13. The van der Waals surface area contributed by atoms with Gasteiger partial charge in [0.2, 0.25) is 0 Å². The van der Waals surface area contributed by atoms with Gasteiger partial charge in [-0.15, -0.1) is 0 Å². The van der Waals surface area contributed by atoms with Gasteiger partial charge in [0.1, 0.15) is 13.2 Å². The zero-order valence-corrected chi connectivity index (χ0v) is 14.3. The summed E-state index contributed by atoms with van der Waals surface area (Å²) in [5, 5.41) is 0.376. The van der Waals surface area contributed by atoms with E-state index in [1.54, 1.807) is 0 Å². The van der Waals surface area contributed by atoms with Gasteiger partial charge in [0.15, 0.2) is 0 Å². The van der Waals surface area contributed by atoms with Gasteiger partial charge in [0, 0.05) is 0 Å². The molecule has 2 aliphatic rings. The highest BCUT2D eigenvalue weighted by atomic mass is 35.5. The molecule has 2 heterocycles. The molecule has 10 heteroatoms. The van der Waals surface area contributed by atoms with Crippen LogP contribution < -0.4 is 0 Å². The minimum Gasteiger partial charge on any atom is -0.448 e. The number of halogens is 4. The van der Waals surface area contributed by atoms with Crippen molar-refractivity contribution in [3.05, 3.63) is 20.1 Å². The second-order valence-corrected chi connectivity index (χ2v) is 6.18. The second kappa shape index (κ2) is 7.64. The Kier molecular flexibility index (Phi) is 6.09. The van der Waals surface area contributed by atoms with E-state index in [0.29, 0.717) is 26.3 Å². The monoisotopic (exact) mass is 388 g/mol. The molecular formula is C12H12Cl4N2O4. The van der Waals surface area contributed by atoms with E-state index in [1.165, 1.54) is 9.80 Å². The van der Waals surface area contributed by atoms with Crippen molar-refractivity contribution in [2.75, 3.05) is 39.4 Å². The molecule has 0 aliphatic carbocycles. The first-order valence-corrected chi connectivity index (χ1v) is 7.83.